The number of carbonyl (C=O) groups excluding carboxylic acids is 1. The van der Waals surface area contributed by atoms with Gasteiger partial charge in [-0.2, -0.15) is 0 Å². The number of rotatable bonds is 8. The zero-order valence-electron chi connectivity index (χ0n) is 17.8. The van der Waals surface area contributed by atoms with E-state index in [4.69, 9.17) is 9.40 Å². The van der Waals surface area contributed by atoms with Gasteiger partial charge in [0.2, 0.25) is 0 Å². The molecular weight excluding hydrogens is 432 g/mol. The SMILES string of the molecule is O=C(NCc1ccco1)c1ccc(Cn2c(SCc3ccccc3)nc3ccncc32)cc1. The largest absolute Gasteiger partial charge is 0.467 e. The van der Waals surface area contributed by atoms with Crippen LogP contribution in [0.3, 0.4) is 0 Å². The van der Waals surface area contributed by atoms with Gasteiger partial charge in [0.1, 0.15) is 5.76 Å². The molecule has 33 heavy (non-hydrogen) atoms. The maximum absolute atomic E-state index is 12.4. The van der Waals surface area contributed by atoms with E-state index in [1.807, 2.05) is 48.7 Å². The van der Waals surface area contributed by atoms with Gasteiger partial charge in [0.25, 0.3) is 5.91 Å². The Morgan fingerprint density at radius 2 is 1.82 bits per heavy atom. The number of hydrogen-bond donors (Lipinski definition) is 1. The molecule has 6 nitrogen and oxygen atoms in total. The van der Waals surface area contributed by atoms with Crippen molar-refractivity contribution in [2.75, 3.05) is 0 Å². The predicted octanol–water partition coefficient (Wildman–Crippen LogP) is 5.29. The number of thioether (sulfide) groups is 1. The summed E-state index contributed by atoms with van der Waals surface area (Å²) in [6, 6.07) is 23.6. The van der Waals surface area contributed by atoms with Crippen molar-refractivity contribution in [3.63, 3.8) is 0 Å². The number of fused-ring (bicyclic) bond motifs is 1. The van der Waals surface area contributed by atoms with Crippen LogP contribution in [0.2, 0.25) is 0 Å². The number of imidazole rings is 1. The van der Waals surface area contributed by atoms with Crippen molar-refractivity contribution in [1.29, 1.82) is 0 Å². The topological polar surface area (TPSA) is 73.0 Å². The number of carbonyl (C=O) groups is 1. The van der Waals surface area contributed by atoms with Crippen LogP contribution in [-0.2, 0) is 18.8 Å². The summed E-state index contributed by atoms with van der Waals surface area (Å²) in [5.41, 5.74) is 4.87. The molecule has 0 atom stereocenters. The first-order valence-electron chi connectivity index (χ1n) is 10.6. The van der Waals surface area contributed by atoms with Crippen LogP contribution in [0.25, 0.3) is 11.0 Å². The molecule has 0 bridgehead atoms. The van der Waals surface area contributed by atoms with Crippen LogP contribution in [0.15, 0.2) is 101 Å². The van der Waals surface area contributed by atoms with Gasteiger partial charge in [0.15, 0.2) is 5.16 Å². The smallest absolute Gasteiger partial charge is 0.251 e. The molecule has 7 heteroatoms. The van der Waals surface area contributed by atoms with E-state index in [0.717, 1.165) is 33.3 Å². The van der Waals surface area contributed by atoms with E-state index in [0.29, 0.717) is 18.7 Å². The van der Waals surface area contributed by atoms with Gasteiger partial charge < -0.3 is 14.3 Å². The van der Waals surface area contributed by atoms with Crippen molar-refractivity contribution in [2.24, 2.45) is 0 Å². The molecule has 0 spiro atoms. The lowest BCUT2D eigenvalue weighted by atomic mass is 10.1. The van der Waals surface area contributed by atoms with Crippen LogP contribution < -0.4 is 5.32 Å². The van der Waals surface area contributed by atoms with Gasteiger partial charge in [-0.3, -0.25) is 9.78 Å². The lowest BCUT2D eigenvalue weighted by Crippen LogP contribution is -2.22. The quantitative estimate of drug-likeness (QED) is 0.322. The lowest BCUT2D eigenvalue weighted by molar-refractivity contribution is 0.0948. The van der Waals surface area contributed by atoms with E-state index < -0.39 is 0 Å². The Hall–Kier alpha value is -3.84. The molecule has 0 saturated carbocycles. The number of pyridine rings is 1. The van der Waals surface area contributed by atoms with Gasteiger partial charge in [-0.25, -0.2) is 4.98 Å². The summed E-state index contributed by atoms with van der Waals surface area (Å²) < 4.78 is 7.44. The molecule has 3 heterocycles. The minimum Gasteiger partial charge on any atom is -0.467 e. The molecule has 2 aromatic carbocycles. The molecule has 1 N–H and O–H groups in total. The maximum Gasteiger partial charge on any atom is 0.251 e. The van der Waals surface area contributed by atoms with Crippen LogP contribution in [-0.4, -0.2) is 20.4 Å². The number of nitrogens with one attached hydrogen (secondary N) is 1. The van der Waals surface area contributed by atoms with Crippen LogP contribution in [0.1, 0.15) is 27.2 Å². The Morgan fingerprint density at radius 3 is 2.61 bits per heavy atom. The average molecular weight is 455 g/mol. The second-order valence-electron chi connectivity index (χ2n) is 7.58. The standard InChI is InChI=1S/C26H22N4O2S/c31-25(28-15-22-7-4-14-32-22)21-10-8-19(9-11-21)17-30-24-16-27-13-12-23(24)29-26(30)33-18-20-5-2-1-3-6-20/h1-14,16H,15,17-18H2,(H,28,31). The molecule has 0 aliphatic carbocycles. The van der Waals surface area contributed by atoms with Crippen molar-refractivity contribution >= 4 is 28.7 Å². The summed E-state index contributed by atoms with van der Waals surface area (Å²) >= 11 is 1.71. The summed E-state index contributed by atoms with van der Waals surface area (Å²) in [4.78, 5) is 21.6. The Balaban J connectivity index is 1.32. The lowest BCUT2D eigenvalue weighted by Gasteiger charge is -2.10. The molecule has 1 amide bonds. The van der Waals surface area contributed by atoms with Crippen LogP contribution in [0, 0.1) is 0 Å². The molecule has 5 rings (SSSR count). The van der Waals surface area contributed by atoms with Crippen LogP contribution in [0.4, 0.5) is 0 Å². The van der Waals surface area contributed by atoms with Crippen molar-refractivity contribution in [3.8, 4) is 0 Å². The second-order valence-corrected chi connectivity index (χ2v) is 8.52. The molecule has 0 aliphatic heterocycles. The normalized spacial score (nSPS) is 11.0. The van der Waals surface area contributed by atoms with E-state index in [2.05, 4.69) is 39.1 Å². The van der Waals surface area contributed by atoms with E-state index in [1.54, 1.807) is 30.3 Å². The molecule has 5 aromatic rings. The van der Waals surface area contributed by atoms with Crippen LogP contribution in [0.5, 0.6) is 0 Å². The molecule has 0 radical (unpaired) electrons. The van der Waals surface area contributed by atoms with Crippen LogP contribution >= 0.6 is 11.8 Å². The highest BCUT2D eigenvalue weighted by Crippen LogP contribution is 2.27. The van der Waals surface area contributed by atoms with Gasteiger partial charge in [-0.1, -0.05) is 54.2 Å². The van der Waals surface area contributed by atoms with Crippen molar-refractivity contribution in [1.82, 2.24) is 19.9 Å². The molecule has 0 unspecified atom stereocenters. The average Bonchev–Trinajstić information content (AvgIpc) is 3.51. The predicted molar refractivity (Wildman–Crippen MR) is 129 cm³/mol. The Labute approximate surface area is 195 Å². The molecule has 0 aliphatic rings. The third-order valence-corrected chi connectivity index (χ3v) is 6.33. The van der Waals surface area contributed by atoms with Gasteiger partial charge in [-0.15, -0.1) is 0 Å². The molecule has 0 fully saturated rings. The summed E-state index contributed by atoms with van der Waals surface area (Å²) in [6.07, 6.45) is 5.21. The third kappa shape index (κ3) is 4.99. The highest BCUT2D eigenvalue weighted by Gasteiger charge is 2.13. The van der Waals surface area contributed by atoms with Gasteiger partial charge in [-0.05, 0) is 41.5 Å². The zero-order chi connectivity index (χ0) is 22.5. The first-order chi connectivity index (χ1) is 16.3. The van der Waals surface area contributed by atoms with E-state index in [1.165, 1.54) is 5.56 Å². The summed E-state index contributed by atoms with van der Waals surface area (Å²) in [6.45, 7) is 1.01. The summed E-state index contributed by atoms with van der Waals surface area (Å²) in [5, 5.41) is 3.82. The highest BCUT2D eigenvalue weighted by atomic mass is 32.2. The minimum absolute atomic E-state index is 0.130. The molecular formula is C26H22N4O2S. The Bertz CT molecular complexity index is 1350. The third-order valence-electron chi connectivity index (χ3n) is 5.29. The Kier molecular flexibility index (Phi) is 6.21. The summed E-state index contributed by atoms with van der Waals surface area (Å²) in [7, 11) is 0. The van der Waals surface area contributed by atoms with E-state index in [9.17, 15) is 4.79 Å². The number of furan rings is 1. The molecule has 164 valence electrons. The van der Waals surface area contributed by atoms with Gasteiger partial charge >= 0.3 is 0 Å². The number of nitrogens with zero attached hydrogens (tertiary/aromatic N) is 3. The monoisotopic (exact) mass is 454 g/mol. The Morgan fingerprint density at radius 1 is 0.970 bits per heavy atom. The number of hydrogen-bond acceptors (Lipinski definition) is 5. The fourth-order valence-electron chi connectivity index (χ4n) is 3.56. The second kappa shape index (κ2) is 9.75. The fourth-order valence-corrected chi connectivity index (χ4v) is 4.53. The molecule has 3 aromatic heterocycles. The van der Waals surface area contributed by atoms with Gasteiger partial charge in [0, 0.05) is 17.5 Å². The molecule has 0 saturated heterocycles. The highest BCUT2D eigenvalue weighted by molar-refractivity contribution is 7.98. The fraction of sp³-hybridized carbons (Fsp3) is 0.115. The first kappa shape index (κ1) is 21.0. The first-order valence-corrected chi connectivity index (χ1v) is 11.6. The number of aromatic nitrogens is 3. The van der Waals surface area contributed by atoms with Crippen molar-refractivity contribution < 1.29 is 9.21 Å². The van der Waals surface area contributed by atoms with Crippen molar-refractivity contribution in [2.45, 2.75) is 24.0 Å². The maximum atomic E-state index is 12.4. The van der Waals surface area contributed by atoms with Crippen molar-refractivity contribution in [3.05, 3.63) is 114 Å². The number of amides is 1. The van der Waals surface area contributed by atoms with Gasteiger partial charge in [0.05, 0.1) is 36.6 Å². The summed E-state index contributed by atoms with van der Waals surface area (Å²) in [5.74, 6) is 1.43. The zero-order valence-corrected chi connectivity index (χ0v) is 18.7. The van der Waals surface area contributed by atoms with E-state index >= 15 is 0 Å². The minimum atomic E-state index is -0.130. The van der Waals surface area contributed by atoms with E-state index in [-0.39, 0.29) is 5.91 Å². The number of benzene rings is 2.